The third-order valence-corrected chi connectivity index (χ3v) is 10.6. The highest BCUT2D eigenvalue weighted by atomic mass is 16.3. The van der Waals surface area contributed by atoms with E-state index in [1.165, 1.54) is 16.2 Å². The molecule has 0 spiro atoms. The molecule has 0 amide bonds. The Bertz CT molecular complexity index is 3190. The van der Waals surface area contributed by atoms with Crippen molar-refractivity contribution in [2.75, 3.05) is 0 Å². The van der Waals surface area contributed by atoms with Crippen molar-refractivity contribution in [1.82, 2.24) is 0 Å². The molecule has 0 unspecified atom stereocenters. The molecule has 0 bridgehead atoms. The predicted molar refractivity (Wildman–Crippen MR) is 236 cm³/mol. The number of aliphatic imine (C=N–C) groups is 2. The third kappa shape index (κ3) is 5.81. The molecule has 264 valence electrons. The van der Waals surface area contributed by atoms with Gasteiger partial charge in [-0.1, -0.05) is 170 Å². The van der Waals surface area contributed by atoms with Crippen molar-refractivity contribution in [2.24, 2.45) is 15.7 Å². The molecule has 4 nitrogen and oxygen atoms in total. The van der Waals surface area contributed by atoms with Crippen LogP contribution in [0.25, 0.3) is 82.2 Å². The fraction of sp³-hybridized carbons (Fsp3) is 0. The van der Waals surface area contributed by atoms with Crippen LogP contribution in [0.15, 0.2) is 209 Å². The summed E-state index contributed by atoms with van der Waals surface area (Å²) in [4.78, 5) is 10.1. The van der Waals surface area contributed by atoms with Gasteiger partial charge in [0.05, 0.1) is 5.70 Å². The number of benzene rings is 9. The first-order valence-corrected chi connectivity index (χ1v) is 18.7. The van der Waals surface area contributed by atoms with E-state index in [9.17, 15) is 0 Å². The van der Waals surface area contributed by atoms with E-state index >= 15 is 0 Å². The fourth-order valence-electron chi connectivity index (χ4n) is 7.92. The lowest BCUT2D eigenvalue weighted by Gasteiger charge is -2.19. The van der Waals surface area contributed by atoms with Gasteiger partial charge in [-0.3, -0.25) is 0 Å². The Morgan fingerprint density at radius 2 is 0.964 bits per heavy atom. The van der Waals surface area contributed by atoms with Crippen molar-refractivity contribution in [3.05, 3.63) is 211 Å². The Hall–Kier alpha value is -7.56. The minimum atomic E-state index is 0.384. The summed E-state index contributed by atoms with van der Waals surface area (Å²) in [5, 5.41) is 9.10. The lowest BCUT2D eigenvalue weighted by Crippen LogP contribution is -2.16. The van der Waals surface area contributed by atoms with Gasteiger partial charge in [-0.05, 0) is 78.8 Å². The number of amidine groups is 2. The maximum Gasteiger partial charge on any atom is 0.162 e. The molecule has 2 N–H and O–H groups in total. The van der Waals surface area contributed by atoms with Crippen molar-refractivity contribution in [2.45, 2.75) is 0 Å². The molecule has 1 aromatic heterocycles. The quantitative estimate of drug-likeness (QED) is 0.106. The van der Waals surface area contributed by atoms with Gasteiger partial charge in [0.2, 0.25) is 0 Å². The molecule has 0 atom stereocenters. The summed E-state index contributed by atoms with van der Waals surface area (Å²) in [5.41, 5.74) is 15.9. The predicted octanol–water partition coefficient (Wildman–Crippen LogP) is 13.2. The molecule has 0 aliphatic carbocycles. The van der Waals surface area contributed by atoms with Crippen LogP contribution in [0.1, 0.15) is 16.7 Å². The highest BCUT2D eigenvalue weighted by molar-refractivity contribution is 6.20. The molecular formula is C52H35N3O. The van der Waals surface area contributed by atoms with E-state index < -0.39 is 0 Å². The molecular weight excluding hydrogens is 683 g/mol. The summed E-state index contributed by atoms with van der Waals surface area (Å²) >= 11 is 0. The molecule has 10 rings (SSSR count). The van der Waals surface area contributed by atoms with Crippen LogP contribution in [0.2, 0.25) is 0 Å². The van der Waals surface area contributed by atoms with Crippen LogP contribution in [-0.2, 0) is 0 Å². The summed E-state index contributed by atoms with van der Waals surface area (Å²) in [6, 6.07) is 64.8. The summed E-state index contributed by atoms with van der Waals surface area (Å²) < 4.78 is 6.42. The maximum atomic E-state index is 6.60. The third-order valence-electron chi connectivity index (χ3n) is 10.6. The monoisotopic (exact) mass is 717 g/mol. The Balaban J connectivity index is 1.12. The van der Waals surface area contributed by atoms with Crippen molar-refractivity contribution >= 4 is 71.6 Å². The second-order valence-electron chi connectivity index (χ2n) is 14.0. The van der Waals surface area contributed by atoms with Gasteiger partial charge in [-0.2, -0.15) is 0 Å². The normalized spacial score (nSPS) is 12.3. The van der Waals surface area contributed by atoms with Crippen LogP contribution < -0.4 is 5.73 Å². The van der Waals surface area contributed by atoms with Gasteiger partial charge in [0.25, 0.3) is 0 Å². The van der Waals surface area contributed by atoms with Crippen molar-refractivity contribution in [3.8, 4) is 22.3 Å². The maximum absolute atomic E-state index is 6.60. The van der Waals surface area contributed by atoms with E-state index in [0.717, 1.165) is 77.0 Å². The minimum Gasteiger partial charge on any atom is -0.456 e. The summed E-state index contributed by atoms with van der Waals surface area (Å²) in [6.07, 6.45) is 0. The van der Waals surface area contributed by atoms with E-state index in [4.69, 9.17) is 20.1 Å². The molecule has 56 heavy (non-hydrogen) atoms. The van der Waals surface area contributed by atoms with Gasteiger partial charge in [0.1, 0.15) is 17.0 Å². The van der Waals surface area contributed by atoms with E-state index in [0.29, 0.717) is 17.4 Å². The van der Waals surface area contributed by atoms with Gasteiger partial charge in [0, 0.05) is 27.5 Å². The Morgan fingerprint density at radius 1 is 0.429 bits per heavy atom. The first-order chi connectivity index (χ1) is 27.6. The van der Waals surface area contributed by atoms with Crippen molar-refractivity contribution in [1.29, 1.82) is 0 Å². The largest absolute Gasteiger partial charge is 0.456 e. The fourth-order valence-corrected chi connectivity index (χ4v) is 7.92. The topological polar surface area (TPSA) is 63.9 Å². The minimum absolute atomic E-state index is 0.384. The molecule has 10 aromatic rings. The number of rotatable bonds is 6. The highest BCUT2D eigenvalue weighted by Gasteiger charge is 2.19. The molecule has 0 saturated heterocycles. The molecule has 0 aliphatic heterocycles. The lowest BCUT2D eigenvalue weighted by molar-refractivity contribution is 0.669. The first kappa shape index (κ1) is 33.0. The SMILES string of the molecule is C=C(/N=C(\N=C(/N)c1ccccc1)c1ccccc1)c1c(-c2ccc(-c3ccc4c(c3)oc3cc5ccccc5cc34)cc2)c2ccccc2c2ccccc12. The number of furan rings is 1. The smallest absolute Gasteiger partial charge is 0.162 e. The zero-order chi connectivity index (χ0) is 37.6. The Morgan fingerprint density at radius 3 is 1.68 bits per heavy atom. The molecule has 0 radical (unpaired) electrons. The van der Waals surface area contributed by atoms with Crippen LogP contribution >= 0.6 is 0 Å². The number of fused-ring (bicyclic) bond motifs is 7. The van der Waals surface area contributed by atoms with Crippen LogP contribution in [0.3, 0.4) is 0 Å². The van der Waals surface area contributed by atoms with Gasteiger partial charge in [-0.15, -0.1) is 0 Å². The van der Waals surface area contributed by atoms with E-state index in [1.54, 1.807) is 0 Å². The molecule has 1 heterocycles. The van der Waals surface area contributed by atoms with Gasteiger partial charge < -0.3 is 10.2 Å². The van der Waals surface area contributed by atoms with Crippen LogP contribution in [-0.4, -0.2) is 11.7 Å². The Kier molecular flexibility index (Phi) is 8.08. The van der Waals surface area contributed by atoms with Crippen molar-refractivity contribution in [3.63, 3.8) is 0 Å². The molecule has 4 heteroatoms. The average Bonchev–Trinajstić information content (AvgIpc) is 3.62. The van der Waals surface area contributed by atoms with Gasteiger partial charge >= 0.3 is 0 Å². The van der Waals surface area contributed by atoms with E-state index in [2.05, 4.69) is 134 Å². The first-order valence-electron chi connectivity index (χ1n) is 18.7. The zero-order valence-corrected chi connectivity index (χ0v) is 30.5. The molecule has 0 aliphatic rings. The van der Waals surface area contributed by atoms with Crippen molar-refractivity contribution < 1.29 is 4.42 Å². The van der Waals surface area contributed by atoms with Crippen LogP contribution in [0.5, 0.6) is 0 Å². The highest BCUT2D eigenvalue weighted by Crippen LogP contribution is 2.43. The van der Waals surface area contributed by atoms with Crippen LogP contribution in [0.4, 0.5) is 0 Å². The second-order valence-corrected chi connectivity index (χ2v) is 14.0. The summed E-state index contributed by atoms with van der Waals surface area (Å²) in [7, 11) is 0. The summed E-state index contributed by atoms with van der Waals surface area (Å²) in [6.45, 7) is 4.64. The van der Waals surface area contributed by atoms with Gasteiger partial charge in [-0.25, -0.2) is 9.98 Å². The summed E-state index contributed by atoms with van der Waals surface area (Å²) in [5.74, 6) is 0.874. The molecule has 0 fully saturated rings. The molecule has 9 aromatic carbocycles. The lowest BCUT2D eigenvalue weighted by atomic mass is 9.86. The zero-order valence-electron chi connectivity index (χ0n) is 30.5. The second kappa shape index (κ2) is 13.7. The number of hydrogen-bond donors (Lipinski definition) is 1. The van der Waals surface area contributed by atoms with E-state index in [-0.39, 0.29) is 0 Å². The number of nitrogens with zero attached hydrogens (tertiary/aromatic N) is 2. The average molecular weight is 718 g/mol. The molecule has 0 saturated carbocycles. The van der Waals surface area contributed by atoms with Gasteiger partial charge in [0.15, 0.2) is 5.84 Å². The Labute approximate surface area is 324 Å². The van der Waals surface area contributed by atoms with Crippen LogP contribution in [0, 0.1) is 0 Å². The number of hydrogen-bond acceptors (Lipinski definition) is 2. The number of nitrogens with two attached hydrogens (primary N) is 1. The standard InChI is InChI=1S/C52H35N3O/c1-33(54-52(37-16-6-3-7-17-37)55-51(53)36-14-4-2-5-15-36)49-44-22-12-10-20-41(44)42-21-11-13-23-45(42)50(49)35-26-24-34(25-27-35)40-28-29-43-46-30-38-18-8-9-19-39(38)31-48(46)56-47(43)32-40/h2-32H,1H2,(H2,53,54,55). The van der Waals surface area contributed by atoms with E-state index in [1.807, 2.05) is 60.7 Å².